The third-order valence-corrected chi connectivity index (χ3v) is 2.79. The molecule has 0 aliphatic heterocycles. The fourth-order valence-corrected chi connectivity index (χ4v) is 1.70. The second-order valence-electron chi connectivity index (χ2n) is 4.52. The molecule has 0 aliphatic carbocycles. The molecule has 0 radical (unpaired) electrons. The first-order valence-electron chi connectivity index (χ1n) is 6.44. The molecule has 5 nitrogen and oxygen atoms in total. The van der Waals surface area contributed by atoms with E-state index in [9.17, 15) is 4.79 Å². The molecule has 0 aromatic heterocycles. The average Bonchev–Trinajstić information content (AvgIpc) is 2.49. The minimum Gasteiger partial charge on any atom is -0.484 e. The van der Waals surface area contributed by atoms with Crippen LogP contribution in [-0.4, -0.2) is 23.9 Å². The molecule has 0 saturated heterocycles. The Morgan fingerprint density at radius 1 is 1.19 bits per heavy atom. The van der Waals surface area contributed by atoms with Gasteiger partial charge in [0.25, 0.3) is 5.91 Å². The van der Waals surface area contributed by atoms with E-state index in [1.165, 1.54) is 6.21 Å². The lowest BCUT2D eigenvalue weighted by atomic mass is 10.2. The minimum absolute atomic E-state index is 0.0681. The number of carbonyl (C=O) groups excluding carboxylic acids is 1. The summed E-state index contributed by atoms with van der Waals surface area (Å²) in [6.45, 7) is 1.92. The number of hydrogen-bond donors (Lipinski definition) is 2. The van der Waals surface area contributed by atoms with Crippen molar-refractivity contribution in [2.24, 2.45) is 5.16 Å². The van der Waals surface area contributed by atoms with Crippen molar-refractivity contribution in [2.45, 2.75) is 6.92 Å². The normalized spacial score (nSPS) is 10.5. The maximum absolute atomic E-state index is 11.7. The third-order valence-electron chi connectivity index (χ3n) is 2.79. The first kappa shape index (κ1) is 14.6. The quantitative estimate of drug-likeness (QED) is 0.504. The number of ether oxygens (including phenoxy) is 1. The molecule has 0 atom stereocenters. The Morgan fingerprint density at radius 2 is 1.86 bits per heavy atom. The maximum Gasteiger partial charge on any atom is 0.262 e. The lowest BCUT2D eigenvalue weighted by molar-refractivity contribution is -0.118. The highest BCUT2D eigenvalue weighted by molar-refractivity contribution is 5.91. The molecule has 0 unspecified atom stereocenters. The molecular formula is C16H16N2O3. The Kier molecular flexibility index (Phi) is 4.93. The van der Waals surface area contributed by atoms with Crippen LogP contribution < -0.4 is 10.1 Å². The fourth-order valence-electron chi connectivity index (χ4n) is 1.70. The maximum atomic E-state index is 11.7. The third kappa shape index (κ3) is 4.65. The molecule has 21 heavy (non-hydrogen) atoms. The largest absolute Gasteiger partial charge is 0.484 e. The van der Waals surface area contributed by atoms with E-state index in [0.717, 1.165) is 16.8 Å². The predicted molar refractivity (Wildman–Crippen MR) is 81.1 cm³/mol. The summed E-state index contributed by atoms with van der Waals surface area (Å²) in [4.78, 5) is 11.7. The first-order valence-corrected chi connectivity index (χ1v) is 6.44. The van der Waals surface area contributed by atoms with Gasteiger partial charge in [0, 0.05) is 5.69 Å². The van der Waals surface area contributed by atoms with Gasteiger partial charge in [0.2, 0.25) is 0 Å². The molecule has 0 bridgehead atoms. The molecule has 108 valence electrons. The summed E-state index contributed by atoms with van der Waals surface area (Å²) in [5.41, 5.74) is 2.62. The topological polar surface area (TPSA) is 70.9 Å². The molecule has 0 fully saturated rings. The van der Waals surface area contributed by atoms with Gasteiger partial charge >= 0.3 is 0 Å². The Hall–Kier alpha value is -2.82. The summed E-state index contributed by atoms with van der Waals surface area (Å²) in [5, 5.41) is 14.1. The number of hydrogen-bond acceptors (Lipinski definition) is 4. The van der Waals surface area contributed by atoms with E-state index in [-0.39, 0.29) is 12.5 Å². The number of benzene rings is 2. The molecule has 2 rings (SSSR count). The number of aryl methyl sites for hydroxylation is 1. The van der Waals surface area contributed by atoms with Gasteiger partial charge in [-0.05, 0) is 48.9 Å². The van der Waals surface area contributed by atoms with E-state index in [1.807, 2.05) is 31.2 Å². The van der Waals surface area contributed by atoms with Crippen molar-refractivity contribution in [1.29, 1.82) is 0 Å². The molecule has 1 amide bonds. The Balaban J connectivity index is 1.84. The van der Waals surface area contributed by atoms with Crippen LogP contribution in [0.25, 0.3) is 0 Å². The summed E-state index contributed by atoms with van der Waals surface area (Å²) in [6.07, 6.45) is 1.31. The van der Waals surface area contributed by atoms with Crippen LogP contribution in [0.1, 0.15) is 11.1 Å². The standard InChI is InChI=1S/C16H16N2O3/c1-12-2-6-14(7-3-12)18-16(19)11-21-15-8-4-13(5-9-15)10-17-20/h2-10,20H,11H2,1H3,(H,18,19)/b17-10+. The molecule has 0 heterocycles. The van der Waals surface area contributed by atoms with Crippen LogP contribution in [0.15, 0.2) is 53.7 Å². The number of oxime groups is 1. The molecular weight excluding hydrogens is 268 g/mol. The van der Waals surface area contributed by atoms with Gasteiger partial charge in [0.15, 0.2) is 6.61 Å². The van der Waals surface area contributed by atoms with Crippen LogP contribution in [0.4, 0.5) is 5.69 Å². The van der Waals surface area contributed by atoms with Crippen LogP contribution >= 0.6 is 0 Å². The average molecular weight is 284 g/mol. The van der Waals surface area contributed by atoms with Gasteiger partial charge in [-0.25, -0.2) is 0 Å². The lowest BCUT2D eigenvalue weighted by Gasteiger charge is -2.08. The van der Waals surface area contributed by atoms with E-state index in [0.29, 0.717) is 5.75 Å². The van der Waals surface area contributed by atoms with Crippen LogP contribution in [0.5, 0.6) is 5.75 Å². The smallest absolute Gasteiger partial charge is 0.262 e. The van der Waals surface area contributed by atoms with Gasteiger partial charge in [-0.1, -0.05) is 22.9 Å². The molecule has 0 aliphatic rings. The number of anilines is 1. The second-order valence-corrected chi connectivity index (χ2v) is 4.52. The highest BCUT2D eigenvalue weighted by atomic mass is 16.5. The zero-order valence-electron chi connectivity index (χ0n) is 11.6. The molecule has 5 heteroatoms. The summed E-state index contributed by atoms with van der Waals surface area (Å²) in [6, 6.07) is 14.4. The van der Waals surface area contributed by atoms with Crippen molar-refractivity contribution in [3.8, 4) is 5.75 Å². The Bertz CT molecular complexity index is 619. The summed E-state index contributed by atoms with van der Waals surface area (Å²) >= 11 is 0. The minimum atomic E-state index is -0.222. The van der Waals surface area contributed by atoms with Gasteiger partial charge in [-0.15, -0.1) is 0 Å². The highest BCUT2D eigenvalue weighted by Gasteiger charge is 2.03. The van der Waals surface area contributed by atoms with Crippen molar-refractivity contribution in [3.05, 3.63) is 59.7 Å². The molecule has 2 N–H and O–H groups in total. The number of rotatable bonds is 5. The van der Waals surface area contributed by atoms with E-state index in [1.54, 1.807) is 24.3 Å². The Labute approximate surface area is 122 Å². The van der Waals surface area contributed by atoms with Gasteiger partial charge < -0.3 is 15.3 Å². The van der Waals surface area contributed by atoms with Crippen molar-refractivity contribution < 1.29 is 14.7 Å². The van der Waals surface area contributed by atoms with Gasteiger partial charge in [-0.2, -0.15) is 0 Å². The SMILES string of the molecule is Cc1ccc(NC(=O)COc2ccc(/C=N/O)cc2)cc1. The summed E-state index contributed by atoms with van der Waals surface area (Å²) in [7, 11) is 0. The number of nitrogens with zero attached hydrogens (tertiary/aromatic N) is 1. The highest BCUT2D eigenvalue weighted by Crippen LogP contribution is 2.12. The fraction of sp³-hybridized carbons (Fsp3) is 0.125. The zero-order chi connectivity index (χ0) is 15.1. The zero-order valence-corrected chi connectivity index (χ0v) is 11.6. The van der Waals surface area contributed by atoms with Gasteiger partial charge in [-0.3, -0.25) is 4.79 Å². The van der Waals surface area contributed by atoms with Gasteiger partial charge in [0.1, 0.15) is 5.75 Å². The van der Waals surface area contributed by atoms with Crippen molar-refractivity contribution >= 4 is 17.8 Å². The van der Waals surface area contributed by atoms with Crippen molar-refractivity contribution in [1.82, 2.24) is 0 Å². The van der Waals surface area contributed by atoms with Crippen LogP contribution in [-0.2, 0) is 4.79 Å². The summed E-state index contributed by atoms with van der Waals surface area (Å²) < 4.78 is 5.38. The second kappa shape index (κ2) is 7.09. The first-order chi connectivity index (χ1) is 10.2. The number of nitrogens with one attached hydrogen (secondary N) is 1. The number of amides is 1. The van der Waals surface area contributed by atoms with E-state index in [4.69, 9.17) is 9.94 Å². The van der Waals surface area contributed by atoms with Crippen molar-refractivity contribution in [2.75, 3.05) is 11.9 Å². The van der Waals surface area contributed by atoms with Crippen molar-refractivity contribution in [3.63, 3.8) is 0 Å². The number of carbonyl (C=O) groups is 1. The molecule has 0 saturated carbocycles. The Morgan fingerprint density at radius 3 is 2.48 bits per heavy atom. The monoisotopic (exact) mass is 284 g/mol. The van der Waals surface area contributed by atoms with Gasteiger partial charge in [0.05, 0.1) is 6.21 Å². The van der Waals surface area contributed by atoms with Crippen LogP contribution in [0.2, 0.25) is 0 Å². The predicted octanol–water partition coefficient (Wildman–Crippen LogP) is 2.82. The lowest BCUT2D eigenvalue weighted by Crippen LogP contribution is -2.20. The summed E-state index contributed by atoms with van der Waals surface area (Å²) in [5.74, 6) is 0.351. The molecule has 2 aromatic rings. The van der Waals surface area contributed by atoms with E-state index < -0.39 is 0 Å². The van der Waals surface area contributed by atoms with E-state index in [2.05, 4.69) is 10.5 Å². The molecule has 2 aromatic carbocycles. The van der Waals surface area contributed by atoms with E-state index >= 15 is 0 Å². The molecule has 0 spiro atoms. The van der Waals surface area contributed by atoms with Crippen LogP contribution in [0, 0.1) is 6.92 Å². The van der Waals surface area contributed by atoms with Crippen LogP contribution in [0.3, 0.4) is 0 Å².